The Balaban J connectivity index is 3.16. The van der Waals surface area contributed by atoms with Gasteiger partial charge in [-0.25, -0.2) is 13.1 Å². The highest BCUT2D eigenvalue weighted by atomic mass is 32.2. The van der Waals surface area contributed by atoms with Gasteiger partial charge in [-0.05, 0) is 50.5 Å². The van der Waals surface area contributed by atoms with Gasteiger partial charge in [0.2, 0.25) is 10.0 Å². The summed E-state index contributed by atoms with van der Waals surface area (Å²) in [6, 6.07) is 3.07. The maximum Gasteiger partial charge on any atom is 0.241 e. The van der Waals surface area contributed by atoms with Crippen LogP contribution in [0.5, 0.6) is 0 Å². The summed E-state index contributed by atoms with van der Waals surface area (Å²) in [6.07, 6.45) is 2.27. The average molecular weight is 268 g/mol. The standard InChI is InChI=1S/C13H20N2O2S/c1-5-6-10(3)15-18(16,17)13-8-12(14)7-9(2)11(13)4/h5,7-8,10,15H,1,6,14H2,2-4H3. The van der Waals surface area contributed by atoms with Gasteiger partial charge in [0, 0.05) is 11.7 Å². The van der Waals surface area contributed by atoms with Crippen molar-refractivity contribution in [1.82, 2.24) is 4.72 Å². The number of nitrogens with two attached hydrogens (primary N) is 1. The monoisotopic (exact) mass is 268 g/mol. The number of rotatable bonds is 5. The molecule has 1 atom stereocenters. The first-order chi connectivity index (χ1) is 8.27. The highest BCUT2D eigenvalue weighted by Crippen LogP contribution is 2.22. The summed E-state index contributed by atoms with van der Waals surface area (Å²) in [5.74, 6) is 0. The molecule has 0 aliphatic rings. The minimum Gasteiger partial charge on any atom is -0.399 e. The molecule has 5 heteroatoms. The van der Waals surface area contributed by atoms with Crippen LogP contribution in [0.4, 0.5) is 5.69 Å². The van der Waals surface area contributed by atoms with Gasteiger partial charge in [-0.3, -0.25) is 0 Å². The summed E-state index contributed by atoms with van der Waals surface area (Å²) >= 11 is 0. The Labute approximate surface area is 109 Å². The molecular weight excluding hydrogens is 248 g/mol. The van der Waals surface area contributed by atoms with Crippen LogP contribution in [0.3, 0.4) is 0 Å². The van der Waals surface area contributed by atoms with Gasteiger partial charge in [-0.1, -0.05) is 6.08 Å². The number of benzene rings is 1. The fourth-order valence-corrected chi connectivity index (χ4v) is 3.37. The number of nitrogens with one attached hydrogen (secondary N) is 1. The quantitative estimate of drug-likeness (QED) is 0.634. The lowest BCUT2D eigenvalue weighted by Gasteiger charge is -2.15. The van der Waals surface area contributed by atoms with Crippen LogP contribution in [0.25, 0.3) is 0 Å². The third-order valence-electron chi connectivity index (χ3n) is 2.81. The van der Waals surface area contributed by atoms with Crippen molar-refractivity contribution < 1.29 is 8.42 Å². The van der Waals surface area contributed by atoms with Gasteiger partial charge in [0.15, 0.2) is 0 Å². The minimum atomic E-state index is -3.54. The fraction of sp³-hybridized carbons (Fsp3) is 0.385. The van der Waals surface area contributed by atoms with Crippen molar-refractivity contribution in [1.29, 1.82) is 0 Å². The van der Waals surface area contributed by atoms with Gasteiger partial charge >= 0.3 is 0 Å². The summed E-state index contributed by atoms with van der Waals surface area (Å²) in [7, 11) is -3.54. The molecule has 18 heavy (non-hydrogen) atoms. The van der Waals surface area contributed by atoms with Crippen LogP contribution in [0.15, 0.2) is 29.7 Å². The zero-order chi connectivity index (χ0) is 13.9. The van der Waals surface area contributed by atoms with E-state index < -0.39 is 10.0 Å². The first kappa shape index (κ1) is 14.7. The minimum absolute atomic E-state index is 0.186. The molecule has 0 fully saturated rings. The summed E-state index contributed by atoms with van der Waals surface area (Å²) in [5.41, 5.74) is 7.75. The molecule has 1 aromatic carbocycles. The summed E-state index contributed by atoms with van der Waals surface area (Å²) in [5, 5.41) is 0. The van der Waals surface area contributed by atoms with Crippen LogP contribution in [0.1, 0.15) is 24.5 Å². The number of sulfonamides is 1. The van der Waals surface area contributed by atoms with E-state index in [1.54, 1.807) is 26.0 Å². The summed E-state index contributed by atoms with van der Waals surface area (Å²) in [6.45, 7) is 9.02. The van der Waals surface area contributed by atoms with Crippen molar-refractivity contribution in [2.75, 3.05) is 5.73 Å². The third kappa shape index (κ3) is 3.34. The Bertz CT molecular complexity index is 550. The lowest BCUT2D eigenvalue weighted by atomic mass is 10.1. The van der Waals surface area contributed by atoms with E-state index in [4.69, 9.17) is 5.73 Å². The van der Waals surface area contributed by atoms with E-state index in [1.807, 2.05) is 6.92 Å². The molecule has 1 unspecified atom stereocenters. The van der Waals surface area contributed by atoms with Gasteiger partial charge in [-0.15, -0.1) is 6.58 Å². The molecule has 100 valence electrons. The molecule has 1 rings (SSSR count). The lowest BCUT2D eigenvalue weighted by molar-refractivity contribution is 0.561. The molecule has 0 aromatic heterocycles. The molecule has 0 aliphatic carbocycles. The van der Waals surface area contributed by atoms with E-state index in [0.29, 0.717) is 12.1 Å². The van der Waals surface area contributed by atoms with E-state index >= 15 is 0 Å². The highest BCUT2D eigenvalue weighted by molar-refractivity contribution is 7.89. The van der Waals surface area contributed by atoms with Crippen LogP contribution in [-0.2, 0) is 10.0 Å². The van der Waals surface area contributed by atoms with E-state index in [-0.39, 0.29) is 10.9 Å². The molecule has 0 spiro atoms. The normalized spacial score (nSPS) is 13.3. The SMILES string of the molecule is C=CCC(C)NS(=O)(=O)c1cc(N)cc(C)c1C. The Kier molecular flexibility index (Phi) is 4.53. The maximum absolute atomic E-state index is 12.2. The summed E-state index contributed by atoms with van der Waals surface area (Å²) in [4.78, 5) is 0.246. The Morgan fingerprint density at radius 2 is 2.06 bits per heavy atom. The maximum atomic E-state index is 12.2. The molecule has 0 saturated heterocycles. The second-order valence-electron chi connectivity index (χ2n) is 4.51. The second kappa shape index (κ2) is 5.54. The highest BCUT2D eigenvalue weighted by Gasteiger charge is 2.20. The molecule has 0 heterocycles. The van der Waals surface area contributed by atoms with Gasteiger partial charge in [-0.2, -0.15) is 0 Å². The van der Waals surface area contributed by atoms with Gasteiger partial charge in [0.25, 0.3) is 0 Å². The Morgan fingerprint density at radius 3 is 2.61 bits per heavy atom. The third-order valence-corrected chi connectivity index (χ3v) is 4.52. The van der Waals surface area contributed by atoms with Crippen molar-refractivity contribution in [2.45, 2.75) is 38.1 Å². The van der Waals surface area contributed by atoms with Crippen LogP contribution in [0, 0.1) is 13.8 Å². The van der Waals surface area contributed by atoms with Crippen molar-refractivity contribution in [3.63, 3.8) is 0 Å². The molecule has 0 aliphatic heterocycles. The van der Waals surface area contributed by atoms with E-state index in [0.717, 1.165) is 11.1 Å². The molecule has 0 saturated carbocycles. The molecule has 4 nitrogen and oxygen atoms in total. The van der Waals surface area contributed by atoms with E-state index in [2.05, 4.69) is 11.3 Å². The Hall–Kier alpha value is -1.33. The first-order valence-corrected chi connectivity index (χ1v) is 7.26. The number of anilines is 1. The van der Waals surface area contributed by atoms with E-state index in [9.17, 15) is 8.42 Å². The average Bonchev–Trinajstić information content (AvgIpc) is 2.22. The molecule has 0 bridgehead atoms. The smallest absolute Gasteiger partial charge is 0.241 e. The van der Waals surface area contributed by atoms with Crippen LogP contribution >= 0.6 is 0 Å². The number of hydrogen-bond donors (Lipinski definition) is 2. The van der Waals surface area contributed by atoms with Crippen molar-refractivity contribution >= 4 is 15.7 Å². The molecule has 3 N–H and O–H groups in total. The number of aryl methyl sites for hydroxylation is 1. The number of nitrogen functional groups attached to an aromatic ring is 1. The lowest BCUT2D eigenvalue weighted by Crippen LogP contribution is -2.32. The molecule has 0 radical (unpaired) electrons. The fourth-order valence-electron chi connectivity index (χ4n) is 1.76. The van der Waals surface area contributed by atoms with Crippen LogP contribution in [0.2, 0.25) is 0 Å². The largest absolute Gasteiger partial charge is 0.399 e. The van der Waals surface area contributed by atoms with Crippen molar-refractivity contribution in [3.8, 4) is 0 Å². The zero-order valence-electron chi connectivity index (χ0n) is 11.0. The molecule has 1 aromatic rings. The van der Waals surface area contributed by atoms with Gasteiger partial charge in [0.1, 0.15) is 0 Å². The molecule has 0 amide bonds. The van der Waals surface area contributed by atoms with Crippen LogP contribution < -0.4 is 10.5 Å². The summed E-state index contributed by atoms with van der Waals surface area (Å²) < 4.78 is 27.1. The second-order valence-corrected chi connectivity index (χ2v) is 6.19. The Morgan fingerprint density at radius 1 is 1.44 bits per heavy atom. The zero-order valence-corrected chi connectivity index (χ0v) is 11.8. The van der Waals surface area contributed by atoms with Crippen LogP contribution in [-0.4, -0.2) is 14.5 Å². The first-order valence-electron chi connectivity index (χ1n) is 5.78. The van der Waals surface area contributed by atoms with Gasteiger partial charge < -0.3 is 5.73 Å². The van der Waals surface area contributed by atoms with E-state index in [1.165, 1.54) is 6.07 Å². The molecular formula is C13H20N2O2S. The topological polar surface area (TPSA) is 72.2 Å². The van der Waals surface area contributed by atoms with Gasteiger partial charge in [0.05, 0.1) is 4.90 Å². The van der Waals surface area contributed by atoms with Crippen molar-refractivity contribution in [3.05, 3.63) is 35.9 Å². The predicted molar refractivity (Wildman–Crippen MR) is 74.9 cm³/mol. The van der Waals surface area contributed by atoms with Crippen molar-refractivity contribution in [2.24, 2.45) is 0 Å². The number of hydrogen-bond acceptors (Lipinski definition) is 3. The predicted octanol–water partition coefficient (Wildman–Crippen LogP) is 2.13.